The zero-order chi connectivity index (χ0) is 50.3. The van der Waals surface area contributed by atoms with E-state index in [0.29, 0.717) is 99.1 Å². The van der Waals surface area contributed by atoms with Crippen molar-refractivity contribution in [2.45, 2.75) is 131 Å². The van der Waals surface area contributed by atoms with E-state index in [4.69, 9.17) is 47.4 Å². The van der Waals surface area contributed by atoms with Crippen molar-refractivity contribution in [3.8, 4) is 23.0 Å². The summed E-state index contributed by atoms with van der Waals surface area (Å²) in [5.74, 6) is -1.07. The van der Waals surface area contributed by atoms with Crippen LogP contribution in [0.4, 0.5) is 0 Å². The first-order chi connectivity index (χ1) is 32.1. The summed E-state index contributed by atoms with van der Waals surface area (Å²) in [4.78, 5) is 55.7. The Kier molecular flexibility index (Phi) is 17.2. The van der Waals surface area contributed by atoms with Crippen LogP contribution in [0.15, 0.2) is 61.1 Å². The molecule has 0 aromatic heterocycles. The molecule has 1 aliphatic carbocycles. The number of fused-ring (bicyclic) bond motifs is 8. The SMILES string of the molecule is C=C(OC)C(C)(CC)CC(C)(CCOCCC)C(=O)OCOc1ccc2c(c1)OC(=O)C1C2(C)C2C(=O)Oc3cc(OCOC(=O)C(C)(CCOCCC)CC(C)(CC)C(=C)OC)ccc3C12C. The number of carbonyl (C=O) groups excluding carboxylic acids is 4. The van der Waals surface area contributed by atoms with E-state index >= 15 is 0 Å². The highest BCUT2D eigenvalue weighted by atomic mass is 16.7. The minimum Gasteiger partial charge on any atom is -0.501 e. The third kappa shape index (κ3) is 10.4. The van der Waals surface area contributed by atoms with E-state index in [9.17, 15) is 19.2 Å². The molecule has 1 fully saturated rings. The van der Waals surface area contributed by atoms with Crippen molar-refractivity contribution in [1.29, 1.82) is 0 Å². The Bertz CT molecular complexity index is 2020. The van der Waals surface area contributed by atoms with Crippen LogP contribution in [0.3, 0.4) is 0 Å². The van der Waals surface area contributed by atoms with E-state index in [1.54, 1.807) is 50.6 Å². The maximum Gasteiger partial charge on any atom is 0.316 e. The topological polar surface area (TPSA) is 161 Å². The van der Waals surface area contributed by atoms with Gasteiger partial charge in [0, 0.05) is 71.3 Å². The monoisotopic (exact) mass is 949 g/mol. The molecule has 0 radical (unpaired) electrons. The van der Waals surface area contributed by atoms with Gasteiger partial charge in [0.2, 0.25) is 13.6 Å². The van der Waals surface area contributed by atoms with Crippen LogP contribution < -0.4 is 18.9 Å². The quantitative estimate of drug-likeness (QED) is 0.0261. The molecule has 2 heterocycles. The fourth-order valence-corrected chi connectivity index (χ4v) is 11.0. The lowest BCUT2D eigenvalue weighted by Crippen LogP contribution is -2.75. The molecule has 2 aliphatic heterocycles. The zero-order valence-electron chi connectivity index (χ0n) is 42.6. The van der Waals surface area contributed by atoms with Gasteiger partial charge in [-0.3, -0.25) is 19.2 Å². The molecule has 14 heteroatoms. The largest absolute Gasteiger partial charge is 0.501 e. The lowest BCUT2D eigenvalue weighted by Gasteiger charge is -2.66. The molecular formula is C54H76O14. The average Bonchev–Trinajstić information content (AvgIpc) is 3.30. The third-order valence-corrected chi connectivity index (χ3v) is 15.4. The Labute approximate surface area is 403 Å². The summed E-state index contributed by atoms with van der Waals surface area (Å²) in [6.07, 6.45) is 4.82. The number of carbonyl (C=O) groups is 4. The summed E-state index contributed by atoms with van der Waals surface area (Å²) < 4.78 is 57.9. The molecule has 14 nitrogen and oxygen atoms in total. The van der Waals surface area contributed by atoms with Crippen LogP contribution in [0.25, 0.3) is 0 Å². The second-order valence-electron chi connectivity index (χ2n) is 20.3. The van der Waals surface area contributed by atoms with Gasteiger partial charge >= 0.3 is 23.9 Å². The van der Waals surface area contributed by atoms with Gasteiger partial charge in [-0.2, -0.15) is 0 Å². The molecule has 3 aliphatic rings. The highest BCUT2D eigenvalue weighted by Gasteiger charge is 2.77. The van der Waals surface area contributed by atoms with Crippen molar-refractivity contribution in [3.05, 3.63) is 72.2 Å². The Morgan fingerprint density at radius 3 is 1.29 bits per heavy atom. The lowest BCUT2D eigenvalue weighted by molar-refractivity contribution is -0.184. The number of hydrogen-bond acceptors (Lipinski definition) is 14. The van der Waals surface area contributed by atoms with Crippen LogP contribution in [0.5, 0.6) is 23.0 Å². The molecular weight excluding hydrogens is 873 g/mol. The van der Waals surface area contributed by atoms with Crippen molar-refractivity contribution < 1.29 is 66.5 Å². The summed E-state index contributed by atoms with van der Waals surface area (Å²) in [7, 11) is 3.16. The summed E-state index contributed by atoms with van der Waals surface area (Å²) in [6.45, 7) is 29.0. The molecule has 2 aromatic carbocycles. The molecule has 4 unspecified atom stereocenters. The smallest absolute Gasteiger partial charge is 0.316 e. The van der Waals surface area contributed by atoms with E-state index in [1.807, 2.05) is 69.2 Å². The van der Waals surface area contributed by atoms with Crippen molar-refractivity contribution in [3.63, 3.8) is 0 Å². The van der Waals surface area contributed by atoms with E-state index in [-0.39, 0.29) is 25.1 Å². The van der Waals surface area contributed by atoms with Crippen LogP contribution in [-0.2, 0) is 58.4 Å². The number of hydrogen-bond donors (Lipinski definition) is 0. The second kappa shape index (κ2) is 21.7. The van der Waals surface area contributed by atoms with Crippen LogP contribution >= 0.6 is 0 Å². The summed E-state index contributed by atoms with van der Waals surface area (Å²) >= 11 is 0. The molecule has 0 bridgehead atoms. The van der Waals surface area contributed by atoms with E-state index in [0.717, 1.165) is 12.8 Å². The molecule has 376 valence electrons. The van der Waals surface area contributed by atoms with Gasteiger partial charge in [-0.15, -0.1) is 0 Å². The summed E-state index contributed by atoms with van der Waals surface area (Å²) in [6, 6.07) is 10.1. The van der Waals surface area contributed by atoms with Crippen molar-refractivity contribution >= 4 is 23.9 Å². The van der Waals surface area contributed by atoms with Crippen LogP contribution in [0, 0.1) is 33.5 Å². The minimum atomic E-state index is -0.972. The van der Waals surface area contributed by atoms with E-state index in [2.05, 4.69) is 13.2 Å². The van der Waals surface area contributed by atoms with Crippen molar-refractivity contribution in [1.82, 2.24) is 0 Å². The molecule has 68 heavy (non-hydrogen) atoms. The first kappa shape index (κ1) is 53.9. The number of ether oxygens (including phenoxy) is 10. The summed E-state index contributed by atoms with van der Waals surface area (Å²) in [5.41, 5.74) is -3.48. The average molecular weight is 949 g/mol. The standard InChI is InChI=1S/C54H76O14/c1-15-25-61-27-23-51(9,31-49(7,17-3)35(5)59-13)47(57)65-33-63-37-19-21-39-41(29-37)67-45(55)43-53(39,11)44-46(56)68-42-30-38(20-22-40(42)54(43,44)12)64-34-66-48(58)52(10,24-28-62-26-16-2)32-50(8,18-4)36(6)60-14/h19-22,29-30,43-44H,5-6,15-18,23-28,31-34H2,1-4,7-14H3. The van der Waals surface area contributed by atoms with Gasteiger partial charge in [0.25, 0.3) is 0 Å². The number of esters is 4. The molecule has 1 saturated carbocycles. The van der Waals surface area contributed by atoms with Crippen LogP contribution in [-0.4, -0.2) is 78.1 Å². The van der Waals surface area contributed by atoms with Gasteiger partial charge in [0.15, 0.2) is 0 Å². The minimum absolute atomic E-state index is 0.249. The van der Waals surface area contributed by atoms with Crippen molar-refractivity contribution in [2.24, 2.45) is 33.5 Å². The van der Waals surface area contributed by atoms with Gasteiger partial charge in [0.05, 0.1) is 48.4 Å². The van der Waals surface area contributed by atoms with Gasteiger partial charge in [0.1, 0.15) is 23.0 Å². The van der Waals surface area contributed by atoms with Crippen LogP contribution in [0.1, 0.15) is 132 Å². The third-order valence-electron chi connectivity index (χ3n) is 15.4. The summed E-state index contributed by atoms with van der Waals surface area (Å²) in [5, 5.41) is 0. The maximum atomic E-state index is 14.1. The number of rotatable bonds is 28. The zero-order valence-corrected chi connectivity index (χ0v) is 42.6. The highest BCUT2D eigenvalue weighted by Crippen LogP contribution is 2.71. The number of methoxy groups -OCH3 is 2. The Morgan fingerprint density at radius 2 is 0.971 bits per heavy atom. The van der Waals surface area contributed by atoms with Gasteiger partial charge < -0.3 is 47.4 Å². The Morgan fingerprint density at radius 1 is 0.603 bits per heavy atom. The molecule has 4 atom stereocenters. The van der Waals surface area contributed by atoms with E-state index < -0.39 is 68.2 Å². The van der Waals surface area contributed by atoms with Crippen LogP contribution in [0.2, 0.25) is 0 Å². The molecule has 0 saturated heterocycles. The molecule has 5 rings (SSSR count). The fraction of sp³-hybridized carbons (Fsp3) is 0.630. The van der Waals surface area contributed by atoms with Crippen molar-refractivity contribution in [2.75, 3.05) is 54.2 Å². The van der Waals surface area contributed by atoms with Gasteiger partial charge in [-0.25, -0.2) is 0 Å². The predicted octanol–water partition coefficient (Wildman–Crippen LogP) is 10.3. The second-order valence-corrected chi connectivity index (χ2v) is 20.3. The van der Waals surface area contributed by atoms with Gasteiger partial charge in [-0.1, -0.05) is 80.7 Å². The predicted molar refractivity (Wildman–Crippen MR) is 255 cm³/mol. The molecule has 0 spiro atoms. The lowest BCUT2D eigenvalue weighted by atomic mass is 9.35. The Hall–Kier alpha value is -5.08. The fourth-order valence-electron chi connectivity index (χ4n) is 11.0. The number of benzene rings is 2. The van der Waals surface area contributed by atoms with Gasteiger partial charge in [-0.05, 0) is 77.3 Å². The van der Waals surface area contributed by atoms with E-state index in [1.165, 1.54) is 0 Å². The first-order valence-corrected chi connectivity index (χ1v) is 24.1. The highest BCUT2D eigenvalue weighted by molar-refractivity contribution is 5.94. The molecule has 2 aromatic rings. The normalized spacial score (nSPS) is 23.6. The molecule has 0 amide bonds. The maximum absolute atomic E-state index is 14.1. The first-order valence-electron chi connectivity index (χ1n) is 24.1. The Balaban J connectivity index is 1.27. The number of allylic oxidation sites excluding steroid dienone is 2. The molecule has 0 N–H and O–H groups in total.